The maximum Gasteiger partial charge on any atom is 0.0539 e. The minimum Gasteiger partial charge on any atom is -0.147 e. The van der Waals surface area contributed by atoms with Gasteiger partial charge in [0, 0.05) is 9.35 Å². The van der Waals surface area contributed by atoms with Gasteiger partial charge in [0.2, 0.25) is 0 Å². The van der Waals surface area contributed by atoms with E-state index in [0.29, 0.717) is 15.7 Å². The summed E-state index contributed by atoms with van der Waals surface area (Å²) in [7, 11) is 0. The third-order valence-corrected chi connectivity index (χ3v) is 7.56. The molecule has 1 unspecified atom stereocenters. The Bertz CT molecular complexity index is 365. The fourth-order valence-corrected chi connectivity index (χ4v) is 6.46. The van der Waals surface area contributed by atoms with Gasteiger partial charge in [0.05, 0.1) is 4.83 Å². The molecule has 0 nitrogen and oxygen atoms in total. The van der Waals surface area contributed by atoms with E-state index in [0.717, 1.165) is 5.92 Å². The van der Waals surface area contributed by atoms with E-state index in [1.807, 2.05) is 11.3 Å². The lowest BCUT2D eigenvalue weighted by Crippen LogP contribution is -1.97. The fourth-order valence-electron chi connectivity index (χ4n) is 2.63. The van der Waals surface area contributed by atoms with Gasteiger partial charge in [-0.1, -0.05) is 43.6 Å². The quantitative estimate of drug-likeness (QED) is 0.606. The molecule has 0 N–H and O–H groups in total. The highest BCUT2D eigenvalue weighted by Gasteiger charge is 2.67. The average molecular weight is 352 g/mol. The molecular weight excluding hydrogens is 336 g/mol. The zero-order valence-corrected chi connectivity index (χ0v) is 13.5. The van der Waals surface area contributed by atoms with Crippen LogP contribution >= 0.6 is 43.2 Å². The standard InChI is InChI=1S/C12H16Br2S/c1-11(2)10(12(11,3)4)8(14)9-7(13)5-6-15-9/h5-6,8,10H,1-4H3. The molecule has 0 saturated heterocycles. The van der Waals surface area contributed by atoms with Crippen molar-refractivity contribution < 1.29 is 0 Å². The molecule has 1 aliphatic rings. The molecule has 1 aliphatic carbocycles. The molecule has 1 saturated carbocycles. The molecule has 1 aromatic heterocycles. The van der Waals surface area contributed by atoms with E-state index in [1.165, 1.54) is 9.35 Å². The van der Waals surface area contributed by atoms with Gasteiger partial charge in [-0.2, -0.15) is 0 Å². The van der Waals surface area contributed by atoms with E-state index in [2.05, 4.69) is 71.0 Å². The molecule has 0 radical (unpaired) electrons. The van der Waals surface area contributed by atoms with E-state index in [9.17, 15) is 0 Å². The Morgan fingerprint density at radius 1 is 1.27 bits per heavy atom. The Balaban J connectivity index is 2.26. The second kappa shape index (κ2) is 3.58. The van der Waals surface area contributed by atoms with E-state index in [1.54, 1.807) is 0 Å². The van der Waals surface area contributed by atoms with Gasteiger partial charge >= 0.3 is 0 Å². The van der Waals surface area contributed by atoms with E-state index in [-0.39, 0.29) is 0 Å². The normalized spacial score (nSPS) is 25.2. The Kier molecular flexibility index (Phi) is 2.89. The van der Waals surface area contributed by atoms with Gasteiger partial charge in [-0.05, 0) is 44.1 Å². The highest BCUT2D eigenvalue weighted by molar-refractivity contribution is 9.11. The summed E-state index contributed by atoms with van der Waals surface area (Å²) in [4.78, 5) is 1.91. The van der Waals surface area contributed by atoms with Crippen LogP contribution in [0.1, 0.15) is 37.4 Å². The Morgan fingerprint density at radius 3 is 2.13 bits per heavy atom. The van der Waals surface area contributed by atoms with Crippen molar-refractivity contribution >= 4 is 43.2 Å². The maximum absolute atomic E-state index is 3.87. The fraction of sp³-hybridized carbons (Fsp3) is 0.667. The van der Waals surface area contributed by atoms with Crippen molar-refractivity contribution in [2.24, 2.45) is 16.7 Å². The van der Waals surface area contributed by atoms with Crippen LogP contribution in [0.15, 0.2) is 15.9 Å². The molecule has 0 bridgehead atoms. The molecule has 1 heterocycles. The van der Waals surface area contributed by atoms with Crippen molar-refractivity contribution in [3.63, 3.8) is 0 Å². The lowest BCUT2D eigenvalue weighted by atomic mass is 10.0. The number of thiophene rings is 1. The van der Waals surface area contributed by atoms with Crippen molar-refractivity contribution in [1.29, 1.82) is 0 Å². The zero-order valence-electron chi connectivity index (χ0n) is 9.47. The number of alkyl halides is 1. The molecule has 15 heavy (non-hydrogen) atoms. The van der Waals surface area contributed by atoms with Crippen molar-refractivity contribution in [2.75, 3.05) is 0 Å². The largest absolute Gasteiger partial charge is 0.147 e. The van der Waals surface area contributed by atoms with Crippen LogP contribution in [-0.4, -0.2) is 0 Å². The molecule has 3 heteroatoms. The average Bonchev–Trinajstić information content (AvgIpc) is 2.48. The summed E-state index contributed by atoms with van der Waals surface area (Å²) in [6, 6.07) is 2.14. The van der Waals surface area contributed by atoms with Gasteiger partial charge in [-0.3, -0.25) is 0 Å². The van der Waals surface area contributed by atoms with Crippen molar-refractivity contribution in [3.05, 3.63) is 20.8 Å². The Hall–Kier alpha value is 0.660. The van der Waals surface area contributed by atoms with Crippen LogP contribution in [0.5, 0.6) is 0 Å². The van der Waals surface area contributed by atoms with Crippen LogP contribution in [0.25, 0.3) is 0 Å². The van der Waals surface area contributed by atoms with Crippen LogP contribution in [0.2, 0.25) is 0 Å². The van der Waals surface area contributed by atoms with E-state index < -0.39 is 0 Å². The number of halogens is 2. The maximum atomic E-state index is 3.87. The summed E-state index contributed by atoms with van der Waals surface area (Å²) in [5.41, 5.74) is 0.870. The minimum atomic E-state index is 0.435. The second-order valence-electron chi connectivity index (χ2n) is 5.46. The van der Waals surface area contributed by atoms with Crippen LogP contribution in [0, 0.1) is 16.7 Å². The summed E-state index contributed by atoms with van der Waals surface area (Å²) in [6.45, 7) is 9.47. The topological polar surface area (TPSA) is 0 Å². The third kappa shape index (κ3) is 1.66. The molecule has 0 aromatic carbocycles. The Morgan fingerprint density at radius 2 is 1.80 bits per heavy atom. The molecule has 1 fully saturated rings. The first-order chi connectivity index (χ1) is 6.80. The van der Waals surface area contributed by atoms with E-state index >= 15 is 0 Å². The van der Waals surface area contributed by atoms with Crippen molar-refractivity contribution in [3.8, 4) is 0 Å². The molecule has 0 spiro atoms. The summed E-state index contributed by atoms with van der Waals surface area (Å²) in [5, 5.41) is 2.15. The van der Waals surface area contributed by atoms with Gasteiger partial charge in [0.15, 0.2) is 0 Å². The lowest BCUT2D eigenvalue weighted by Gasteiger charge is -2.10. The van der Waals surface area contributed by atoms with Crippen molar-refractivity contribution in [1.82, 2.24) is 0 Å². The van der Waals surface area contributed by atoms with Gasteiger partial charge in [-0.15, -0.1) is 11.3 Å². The predicted molar refractivity (Wildman–Crippen MR) is 74.7 cm³/mol. The molecule has 2 rings (SSSR count). The van der Waals surface area contributed by atoms with Crippen LogP contribution in [0.3, 0.4) is 0 Å². The molecule has 0 amide bonds. The van der Waals surface area contributed by atoms with Gasteiger partial charge < -0.3 is 0 Å². The summed E-state index contributed by atoms with van der Waals surface area (Å²) < 4.78 is 1.24. The first kappa shape index (κ1) is 12.1. The highest BCUT2D eigenvalue weighted by Crippen LogP contribution is 2.74. The lowest BCUT2D eigenvalue weighted by molar-refractivity contribution is 0.457. The van der Waals surface area contributed by atoms with Gasteiger partial charge in [0.1, 0.15) is 0 Å². The molecule has 0 aliphatic heterocycles. The number of hydrogen-bond acceptors (Lipinski definition) is 1. The van der Waals surface area contributed by atoms with Gasteiger partial charge in [0.25, 0.3) is 0 Å². The number of hydrogen-bond donors (Lipinski definition) is 0. The summed E-state index contributed by atoms with van der Waals surface area (Å²) in [6.07, 6.45) is 0. The molecular formula is C12H16Br2S. The van der Waals surface area contributed by atoms with Crippen LogP contribution in [0.4, 0.5) is 0 Å². The first-order valence-electron chi connectivity index (χ1n) is 5.17. The summed E-state index contributed by atoms with van der Waals surface area (Å²) in [5.74, 6) is 0.722. The van der Waals surface area contributed by atoms with Crippen LogP contribution < -0.4 is 0 Å². The number of rotatable bonds is 2. The van der Waals surface area contributed by atoms with E-state index in [4.69, 9.17) is 0 Å². The van der Waals surface area contributed by atoms with Crippen molar-refractivity contribution in [2.45, 2.75) is 32.5 Å². The first-order valence-corrected chi connectivity index (χ1v) is 7.76. The second-order valence-corrected chi connectivity index (χ2v) is 8.24. The monoisotopic (exact) mass is 350 g/mol. The Labute approximate surface area is 113 Å². The SMILES string of the molecule is CC1(C)C(C(Br)c2sccc2Br)C1(C)C. The predicted octanol–water partition coefficient (Wildman–Crippen LogP) is 5.63. The van der Waals surface area contributed by atoms with Gasteiger partial charge in [-0.25, -0.2) is 0 Å². The summed E-state index contributed by atoms with van der Waals surface area (Å²) >= 11 is 9.33. The minimum absolute atomic E-state index is 0.435. The molecule has 84 valence electrons. The third-order valence-electron chi connectivity index (χ3n) is 4.32. The molecule has 1 atom stereocenters. The van der Waals surface area contributed by atoms with Crippen LogP contribution in [-0.2, 0) is 0 Å². The highest BCUT2D eigenvalue weighted by atomic mass is 79.9. The smallest absolute Gasteiger partial charge is 0.0539 e. The zero-order chi connectivity index (χ0) is 11.4. The molecule has 1 aromatic rings.